The SMILES string of the molecule is Cc1ccc(-n2c(Cl)nn(C)c2=O)c(CCl)c1. The average molecular weight is 272 g/mol. The second-order valence-corrected chi connectivity index (χ2v) is 4.38. The molecule has 0 aliphatic heterocycles. The lowest BCUT2D eigenvalue weighted by Crippen LogP contribution is -2.22. The average Bonchev–Trinajstić information content (AvgIpc) is 2.54. The molecule has 0 aliphatic carbocycles. The maximum Gasteiger partial charge on any atom is 0.351 e. The maximum atomic E-state index is 11.9. The van der Waals surface area contributed by atoms with E-state index in [9.17, 15) is 4.79 Å². The highest BCUT2D eigenvalue weighted by Gasteiger charge is 2.13. The molecular weight excluding hydrogens is 261 g/mol. The Morgan fingerprint density at radius 3 is 2.65 bits per heavy atom. The van der Waals surface area contributed by atoms with Gasteiger partial charge in [0.05, 0.1) is 5.69 Å². The number of alkyl halides is 1. The first-order valence-electron chi connectivity index (χ1n) is 5.02. The van der Waals surface area contributed by atoms with Crippen molar-refractivity contribution in [2.45, 2.75) is 12.8 Å². The number of hydrogen-bond donors (Lipinski definition) is 0. The number of nitrogens with zero attached hydrogens (tertiary/aromatic N) is 3. The van der Waals surface area contributed by atoms with Gasteiger partial charge in [-0.1, -0.05) is 17.7 Å². The van der Waals surface area contributed by atoms with Crippen molar-refractivity contribution < 1.29 is 0 Å². The molecule has 1 aromatic heterocycles. The Morgan fingerprint density at radius 1 is 1.41 bits per heavy atom. The summed E-state index contributed by atoms with van der Waals surface area (Å²) in [4.78, 5) is 11.9. The summed E-state index contributed by atoms with van der Waals surface area (Å²) in [5.74, 6) is 0.314. The van der Waals surface area contributed by atoms with Crippen LogP contribution >= 0.6 is 23.2 Å². The van der Waals surface area contributed by atoms with Gasteiger partial charge in [0.1, 0.15) is 0 Å². The number of aryl methyl sites for hydroxylation is 2. The third-order valence-electron chi connectivity index (χ3n) is 2.51. The molecule has 2 aromatic rings. The molecule has 0 N–H and O–H groups in total. The molecule has 0 unspecified atom stereocenters. The Labute approximate surface area is 108 Å². The zero-order chi connectivity index (χ0) is 12.6. The van der Waals surface area contributed by atoms with Crippen LogP contribution in [0.4, 0.5) is 0 Å². The fraction of sp³-hybridized carbons (Fsp3) is 0.273. The van der Waals surface area contributed by atoms with Gasteiger partial charge in [0.2, 0.25) is 5.28 Å². The van der Waals surface area contributed by atoms with Gasteiger partial charge in [0.15, 0.2) is 0 Å². The summed E-state index contributed by atoms with van der Waals surface area (Å²) >= 11 is 11.8. The van der Waals surface area contributed by atoms with E-state index in [1.165, 1.54) is 9.25 Å². The van der Waals surface area contributed by atoms with Crippen LogP contribution in [-0.4, -0.2) is 14.3 Å². The summed E-state index contributed by atoms with van der Waals surface area (Å²) in [6.07, 6.45) is 0. The number of benzene rings is 1. The Kier molecular flexibility index (Phi) is 3.26. The Morgan fingerprint density at radius 2 is 2.12 bits per heavy atom. The predicted molar refractivity (Wildman–Crippen MR) is 68.1 cm³/mol. The molecule has 0 fully saturated rings. The van der Waals surface area contributed by atoms with E-state index in [-0.39, 0.29) is 11.0 Å². The summed E-state index contributed by atoms with van der Waals surface area (Å²) in [7, 11) is 1.55. The van der Waals surface area contributed by atoms with E-state index in [2.05, 4.69) is 5.10 Å². The van der Waals surface area contributed by atoms with Gasteiger partial charge >= 0.3 is 5.69 Å². The number of aromatic nitrogens is 3. The summed E-state index contributed by atoms with van der Waals surface area (Å²) in [5.41, 5.74) is 2.32. The first kappa shape index (κ1) is 12.2. The number of rotatable bonds is 2. The van der Waals surface area contributed by atoms with E-state index in [4.69, 9.17) is 23.2 Å². The molecule has 0 saturated heterocycles. The second kappa shape index (κ2) is 4.55. The van der Waals surface area contributed by atoms with E-state index in [0.29, 0.717) is 11.6 Å². The number of halogens is 2. The number of hydrogen-bond acceptors (Lipinski definition) is 2. The largest absolute Gasteiger partial charge is 0.351 e. The van der Waals surface area contributed by atoms with Gasteiger partial charge < -0.3 is 0 Å². The Balaban J connectivity index is 2.72. The molecule has 1 heterocycles. The summed E-state index contributed by atoms with van der Waals surface area (Å²) in [6, 6.07) is 5.65. The third-order valence-corrected chi connectivity index (χ3v) is 3.04. The Bertz CT molecular complexity index is 616. The van der Waals surface area contributed by atoms with Crippen LogP contribution in [0.25, 0.3) is 5.69 Å². The molecule has 0 atom stereocenters. The summed E-state index contributed by atoms with van der Waals surface area (Å²) < 4.78 is 2.54. The molecule has 0 radical (unpaired) electrons. The van der Waals surface area contributed by atoms with Crippen LogP contribution in [-0.2, 0) is 12.9 Å². The molecular formula is C11H11Cl2N3O. The highest BCUT2D eigenvalue weighted by atomic mass is 35.5. The molecule has 6 heteroatoms. The first-order chi connectivity index (χ1) is 8.04. The van der Waals surface area contributed by atoms with Crippen molar-refractivity contribution in [3.8, 4) is 5.69 Å². The molecule has 0 spiro atoms. The van der Waals surface area contributed by atoms with Crippen molar-refractivity contribution in [1.29, 1.82) is 0 Å². The Hall–Kier alpha value is -1.26. The van der Waals surface area contributed by atoms with Crippen LogP contribution < -0.4 is 5.69 Å². The quantitative estimate of drug-likeness (QED) is 0.787. The highest BCUT2D eigenvalue weighted by molar-refractivity contribution is 6.28. The van der Waals surface area contributed by atoms with Crippen LogP contribution in [0.5, 0.6) is 0 Å². The molecule has 1 aromatic carbocycles. The minimum atomic E-state index is -0.287. The normalized spacial score (nSPS) is 10.8. The fourth-order valence-electron chi connectivity index (χ4n) is 1.68. The van der Waals surface area contributed by atoms with Gasteiger partial charge in [-0.2, -0.15) is 0 Å². The minimum absolute atomic E-state index is 0.132. The van der Waals surface area contributed by atoms with Crippen LogP contribution in [0.1, 0.15) is 11.1 Å². The molecule has 0 bridgehead atoms. The van der Waals surface area contributed by atoms with Crippen molar-refractivity contribution in [3.05, 3.63) is 45.1 Å². The van der Waals surface area contributed by atoms with E-state index >= 15 is 0 Å². The summed E-state index contributed by atoms with van der Waals surface area (Å²) in [6.45, 7) is 1.97. The minimum Gasteiger partial charge on any atom is -0.246 e. The van der Waals surface area contributed by atoms with Crippen molar-refractivity contribution in [2.75, 3.05) is 0 Å². The van der Waals surface area contributed by atoms with E-state index in [1.54, 1.807) is 7.05 Å². The van der Waals surface area contributed by atoms with Crippen LogP contribution in [0.15, 0.2) is 23.0 Å². The van der Waals surface area contributed by atoms with Gasteiger partial charge in [0, 0.05) is 12.9 Å². The van der Waals surface area contributed by atoms with Crippen molar-refractivity contribution >= 4 is 23.2 Å². The molecule has 0 amide bonds. The zero-order valence-electron chi connectivity index (χ0n) is 9.44. The van der Waals surface area contributed by atoms with Crippen LogP contribution in [0.2, 0.25) is 5.28 Å². The zero-order valence-corrected chi connectivity index (χ0v) is 11.0. The van der Waals surface area contributed by atoms with Crippen molar-refractivity contribution in [1.82, 2.24) is 14.3 Å². The standard InChI is InChI=1S/C11H11Cl2N3O/c1-7-3-4-9(8(5-7)6-12)16-10(13)14-15(2)11(16)17/h3-5H,6H2,1-2H3. The molecule has 0 saturated carbocycles. The molecule has 4 nitrogen and oxygen atoms in total. The highest BCUT2D eigenvalue weighted by Crippen LogP contribution is 2.19. The van der Waals surface area contributed by atoms with Gasteiger partial charge in [-0.15, -0.1) is 16.7 Å². The van der Waals surface area contributed by atoms with E-state index < -0.39 is 0 Å². The molecule has 2 rings (SSSR count). The second-order valence-electron chi connectivity index (χ2n) is 3.78. The van der Waals surface area contributed by atoms with Gasteiger partial charge in [-0.25, -0.2) is 14.0 Å². The first-order valence-corrected chi connectivity index (χ1v) is 5.93. The van der Waals surface area contributed by atoms with E-state index in [0.717, 1.165) is 11.1 Å². The summed E-state index contributed by atoms with van der Waals surface area (Å²) in [5, 5.41) is 4.01. The van der Waals surface area contributed by atoms with Gasteiger partial charge in [0.25, 0.3) is 0 Å². The maximum absolute atomic E-state index is 11.9. The lowest BCUT2D eigenvalue weighted by molar-refractivity contribution is 0.725. The fourth-order valence-corrected chi connectivity index (χ4v) is 2.17. The van der Waals surface area contributed by atoms with Crippen molar-refractivity contribution in [3.63, 3.8) is 0 Å². The van der Waals surface area contributed by atoms with Crippen LogP contribution in [0.3, 0.4) is 0 Å². The molecule has 17 heavy (non-hydrogen) atoms. The molecule has 0 aliphatic rings. The monoisotopic (exact) mass is 271 g/mol. The third kappa shape index (κ3) is 2.10. The van der Waals surface area contributed by atoms with Crippen molar-refractivity contribution in [2.24, 2.45) is 7.05 Å². The predicted octanol–water partition coefficient (Wildman–Crippen LogP) is 2.27. The van der Waals surface area contributed by atoms with Crippen LogP contribution in [0, 0.1) is 6.92 Å². The van der Waals surface area contributed by atoms with E-state index in [1.807, 2.05) is 25.1 Å². The lowest BCUT2D eigenvalue weighted by atomic mass is 10.1. The lowest BCUT2D eigenvalue weighted by Gasteiger charge is -2.08. The van der Waals surface area contributed by atoms with Gasteiger partial charge in [-0.05, 0) is 30.2 Å². The topological polar surface area (TPSA) is 39.8 Å². The smallest absolute Gasteiger partial charge is 0.246 e. The van der Waals surface area contributed by atoms with Gasteiger partial charge in [-0.3, -0.25) is 0 Å². The molecule has 90 valence electrons.